The van der Waals surface area contributed by atoms with Crippen LogP contribution in [0, 0.1) is 17.0 Å². The smallest absolute Gasteiger partial charge is 0.343 e. The number of ether oxygens (including phenoxy) is 1. The third-order valence-corrected chi connectivity index (χ3v) is 6.10. The van der Waals surface area contributed by atoms with Gasteiger partial charge in [0.2, 0.25) is 0 Å². The Hall–Kier alpha value is -3.99. The molecule has 0 aliphatic rings. The number of hydrogen-bond acceptors (Lipinski definition) is 9. The summed E-state index contributed by atoms with van der Waals surface area (Å²) in [4.78, 5) is 35.9. The van der Waals surface area contributed by atoms with E-state index in [0.717, 1.165) is 34.3 Å². The maximum absolute atomic E-state index is 12.8. The number of esters is 1. The summed E-state index contributed by atoms with van der Waals surface area (Å²) in [6, 6.07) is 8.78. The van der Waals surface area contributed by atoms with Crippen molar-refractivity contribution in [3.05, 3.63) is 80.0 Å². The summed E-state index contributed by atoms with van der Waals surface area (Å²) in [5, 5.41) is 20.5. The molecule has 33 heavy (non-hydrogen) atoms. The standard InChI is InChI=1S/C22H18N4O6S/c1-4-13-8-15-12(2)7-20(27)31-18(15)10-17(13)32-21(28)14-5-6-19(16(9-14)26(29)30)33-22-24-23-11-25(22)3/h5-11H,4H2,1-3H3. The summed E-state index contributed by atoms with van der Waals surface area (Å²) in [5.74, 6) is -0.540. The van der Waals surface area contributed by atoms with Crippen LogP contribution >= 0.6 is 11.8 Å². The van der Waals surface area contributed by atoms with E-state index < -0.39 is 16.5 Å². The number of benzene rings is 2. The summed E-state index contributed by atoms with van der Waals surface area (Å²) in [5.41, 5.74) is 1.02. The normalized spacial score (nSPS) is 11.0. The second kappa shape index (κ2) is 8.87. The summed E-state index contributed by atoms with van der Waals surface area (Å²) < 4.78 is 12.4. The van der Waals surface area contributed by atoms with Gasteiger partial charge in [0.1, 0.15) is 17.7 Å². The first-order chi connectivity index (χ1) is 15.8. The summed E-state index contributed by atoms with van der Waals surface area (Å²) in [6.45, 7) is 3.69. The van der Waals surface area contributed by atoms with Crippen molar-refractivity contribution in [2.24, 2.45) is 7.05 Å². The molecule has 0 saturated carbocycles. The molecule has 0 radical (unpaired) electrons. The first-order valence-corrected chi connectivity index (χ1v) is 10.7. The van der Waals surface area contributed by atoms with Crippen LogP contribution in [0.3, 0.4) is 0 Å². The van der Waals surface area contributed by atoms with E-state index >= 15 is 0 Å². The van der Waals surface area contributed by atoms with Crippen molar-refractivity contribution in [2.45, 2.75) is 30.3 Å². The second-order valence-corrected chi connectivity index (χ2v) is 8.22. The molecular weight excluding hydrogens is 448 g/mol. The van der Waals surface area contributed by atoms with Crippen molar-refractivity contribution in [3.63, 3.8) is 0 Å². The number of fused-ring (bicyclic) bond motifs is 1. The van der Waals surface area contributed by atoms with Gasteiger partial charge in [-0.3, -0.25) is 10.1 Å². The molecule has 0 fully saturated rings. The van der Waals surface area contributed by atoms with Gasteiger partial charge in [-0.1, -0.05) is 6.92 Å². The molecule has 11 heteroatoms. The molecule has 0 aliphatic carbocycles. The number of hydrogen-bond donors (Lipinski definition) is 0. The van der Waals surface area contributed by atoms with Crippen LogP contribution in [0.2, 0.25) is 0 Å². The SMILES string of the molecule is CCc1cc2c(C)cc(=O)oc2cc1OC(=O)c1ccc(Sc2nncn2C)c([N+](=O)[O-])c1. The molecule has 0 unspecified atom stereocenters. The van der Waals surface area contributed by atoms with Gasteiger partial charge in [0.15, 0.2) is 5.16 Å². The quantitative estimate of drug-likeness (QED) is 0.136. The fourth-order valence-corrected chi connectivity index (χ4v) is 4.11. The lowest BCUT2D eigenvalue weighted by atomic mass is 10.1. The average Bonchev–Trinajstić information content (AvgIpc) is 3.17. The number of nitro groups is 1. The summed E-state index contributed by atoms with van der Waals surface area (Å²) >= 11 is 1.06. The summed E-state index contributed by atoms with van der Waals surface area (Å²) in [7, 11) is 1.72. The van der Waals surface area contributed by atoms with E-state index in [9.17, 15) is 19.7 Å². The van der Waals surface area contributed by atoms with Crippen LogP contribution in [-0.2, 0) is 13.5 Å². The molecule has 168 valence electrons. The van der Waals surface area contributed by atoms with Gasteiger partial charge in [-0.2, -0.15) is 0 Å². The van der Waals surface area contributed by atoms with Gasteiger partial charge in [-0.25, -0.2) is 9.59 Å². The van der Waals surface area contributed by atoms with Crippen molar-refractivity contribution in [3.8, 4) is 5.75 Å². The maximum atomic E-state index is 12.8. The molecule has 0 saturated heterocycles. The number of aromatic nitrogens is 3. The van der Waals surface area contributed by atoms with Gasteiger partial charge in [-0.05, 0) is 54.4 Å². The van der Waals surface area contributed by atoms with Crippen molar-refractivity contribution >= 4 is 34.4 Å². The molecule has 0 amide bonds. The predicted octanol–water partition coefficient (Wildman–Crippen LogP) is 4.07. The highest BCUT2D eigenvalue weighted by Crippen LogP contribution is 2.35. The molecule has 0 N–H and O–H groups in total. The van der Waals surface area contributed by atoms with E-state index in [4.69, 9.17) is 9.15 Å². The molecule has 0 atom stereocenters. The maximum Gasteiger partial charge on any atom is 0.343 e. The number of nitrogens with zero attached hydrogens (tertiary/aromatic N) is 4. The van der Waals surface area contributed by atoms with Crippen molar-refractivity contribution in [1.29, 1.82) is 0 Å². The number of carbonyl (C=O) groups is 1. The van der Waals surface area contributed by atoms with Crippen LogP contribution in [-0.4, -0.2) is 25.7 Å². The van der Waals surface area contributed by atoms with E-state index in [1.807, 2.05) is 6.92 Å². The molecule has 0 spiro atoms. The van der Waals surface area contributed by atoms with Crippen LogP contribution in [0.5, 0.6) is 5.75 Å². The first-order valence-electron chi connectivity index (χ1n) is 9.86. The highest BCUT2D eigenvalue weighted by atomic mass is 32.2. The molecule has 4 aromatic rings. The van der Waals surface area contributed by atoms with Crippen LogP contribution in [0.15, 0.2) is 62.0 Å². The molecule has 2 aromatic heterocycles. The lowest BCUT2D eigenvalue weighted by molar-refractivity contribution is -0.387. The van der Waals surface area contributed by atoms with E-state index in [-0.39, 0.29) is 17.0 Å². The Kier molecular flexibility index (Phi) is 5.97. The molecule has 4 rings (SSSR count). The zero-order valence-corrected chi connectivity index (χ0v) is 18.7. The van der Waals surface area contributed by atoms with Crippen molar-refractivity contribution < 1.29 is 18.9 Å². The molecule has 10 nitrogen and oxygen atoms in total. The number of aryl methyl sites for hydroxylation is 3. The Bertz CT molecular complexity index is 1460. The number of carbonyl (C=O) groups excluding carboxylic acids is 1. The molecule has 0 bridgehead atoms. The van der Waals surface area contributed by atoms with Gasteiger partial charge in [0, 0.05) is 30.6 Å². The van der Waals surface area contributed by atoms with Crippen LogP contribution in [0.4, 0.5) is 5.69 Å². The van der Waals surface area contributed by atoms with Gasteiger partial charge in [-0.15, -0.1) is 10.2 Å². The average molecular weight is 466 g/mol. The highest BCUT2D eigenvalue weighted by molar-refractivity contribution is 7.99. The zero-order valence-electron chi connectivity index (χ0n) is 17.9. The monoisotopic (exact) mass is 466 g/mol. The fraction of sp³-hybridized carbons (Fsp3) is 0.182. The topological polar surface area (TPSA) is 130 Å². The zero-order chi connectivity index (χ0) is 23.7. The van der Waals surface area contributed by atoms with Gasteiger partial charge in [0.25, 0.3) is 5.69 Å². The second-order valence-electron chi connectivity index (χ2n) is 7.21. The lowest BCUT2D eigenvalue weighted by Crippen LogP contribution is -2.11. The van der Waals surface area contributed by atoms with Crippen molar-refractivity contribution in [1.82, 2.24) is 14.8 Å². The van der Waals surface area contributed by atoms with Crippen molar-refractivity contribution in [2.75, 3.05) is 0 Å². The van der Waals surface area contributed by atoms with Crippen LogP contribution in [0.25, 0.3) is 11.0 Å². The Labute approximate surface area is 191 Å². The minimum absolute atomic E-state index is 0.0110. The lowest BCUT2D eigenvalue weighted by Gasteiger charge is -2.11. The van der Waals surface area contributed by atoms with Gasteiger partial charge in [0.05, 0.1) is 15.4 Å². The Morgan fingerprint density at radius 1 is 1.27 bits per heavy atom. The molecule has 2 heterocycles. The minimum Gasteiger partial charge on any atom is -0.423 e. The predicted molar refractivity (Wildman–Crippen MR) is 120 cm³/mol. The van der Waals surface area contributed by atoms with Gasteiger partial charge >= 0.3 is 11.6 Å². The first kappa shape index (κ1) is 22.2. The molecule has 2 aromatic carbocycles. The van der Waals surface area contributed by atoms with Crippen LogP contribution < -0.4 is 10.4 Å². The van der Waals surface area contributed by atoms with Crippen LogP contribution in [0.1, 0.15) is 28.4 Å². The van der Waals surface area contributed by atoms with E-state index in [1.54, 1.807) is 24.6 Å². The number of rotatable bonds is 6. The third kappa shape index (κ3) is 4.48. The third-order valence-electron chi connectivity index (χ3n) is 4.98. The minimum atomic E-state index is -0.766. The molecular formula is C22H18N4O6S. The molecule has 0 aliphatic heterocycles. The van der Waals surface area contributed by atoms with E-state index in [2.05, 4.69) is 10.2 Å². The van der Waals surface area contributed by atoms with Gasteiger partial charge < -0.3 is 13.7 Å². The number of nitro benzene ring substituents is 1. The van der Waals surface area contributed by atoms with E-state index in [1.165, 1.54) is 30.6 Å². The summed E-state index contributed by atoms with van der Waals surface area (Å²) in [6.07, 6.45) is 2.04. The Morgan fingerprint density at radius 3 is 2.73 bits per heavy atom. The highest BCUT2D eigenvalue weighted by Gasteiger charge is 2.22. The Morgan fingerprint density at radius 2 is 2.06 bits per heavy atom. The Balaban J connectivity index is 1.68. The fourth-order valence-electron chi connectivity index (χ4n) is 3.26. The van der Waals surface area contributed by atoms with E-state index in [0.29, 0.717) is 22.1 Å². The largest absolute Gasteiger partial charge is 0.423 e.